The number of fused-ring (bicyclic) bond motifs is 1. The second-order valence-corrected chi connectivity index (χ2v) is 4.40. The Morgan fingerprint density at radius 3 is 2.40 bits per heavy atom. The number of hydrogen-bond donors (Lipinski definition) is 0. The minimum Gasteiger partial charge on any atom is -0.285 e. The van der Waals surface area contributed by atoms with Crippen LogP contribution in [0.2, 0.25) is 0 Å². The first-order valence-corrected chi connectivity index (χ1v) is 5.74. The standard InChI is InChI=1S/C13H18O2/c1-4-5-6-10-7-8-11(9(2)3)13-12(10)14-15-13/h7-9H,4-6H2,1-3H3. The molecule has 0 amide bonds. The molecule has 0 N–H and O–H groups in total. The smallest absolute Gasteiger partial charge is 0.229 e. The number of benzene rings is 1. The van der Waals surface area contributed by atoms with Crippen LogP contribution in [-0.4, -0.2) is 0 Å². The Morgan fingerprint density at radius 1 is 1.13 bits per heavy atom. The van der Waals surface area contributed by atoms with Gasteiger partial charge in [0.2, 0.25) is 11.2 Å². The second kappa shape index (κ2) is 4.13. The van der Waals surface area contributed by atoms with Gasteiger partial charge in [0.15, 0.2) is 0 Å². The zero-order valence-electron chi connectivity index (χ0n) is 9.67. The van der Waals surface area contributed by atoms with E-state index in [0.29, 0.717) is 5.92 Å². The Bertz CT molecular complexity index is 434. The molecule has 0 saturated heterocycles. The monoisotopic (exact) mass is 206 g/mol. The van der Waals surface area contributed by atoms with E-state index in [-0.39, 0.29) is 0 Å². The first-order chi connectivity index (χ1) is 7.24. The van der Waals surface area contributed by atoms with E-state index in [4.69, 9.17) is 9.15 Å². The summed E-state index contributed by atoms with van der Waals surface area (Å²) in [5.41, 5.74) is 4.45. The Labute approximate surface area is 90.2 Å². The summed E-state index contributed by atoms with van der Waals surface area (Å²) in [6.07, 6.45) is 3.50. The lowest BCUT2D eigenvalue weighted by molar-refractivity contribution is 0.0570. The molecule has 1 aromatic heterocycles. The van der Waals surface area contributed by atoms with Gasteiger partial charge in [0.05, 0.1) is 0 Å². The Morgan fingerprint density at radius 2 is 1.87 bits per heavy atom. The van der Waals surface area contributed by atoms with Crippen molar-refractivity contribution in [3.8, 4) is 0 Å². The summed E-state index contributed by atoms with van der Waals surface area (Å²) in [7, 11) is 0. The van der Waals surface area contributed by atoms with Gasteiger partial charge in [-0.05, 0) is 18.8 Å². The van der Waals surface area contributed by atoms with Crippen LogP contribution in [0.25, 0.3) is 11.2 Å². The van der Waals surface area contributed by atoms with Crippen molar-refractivity contribution in [1.82, 2.24) is 0 Å². The summed E-state index contributed by atoms with van der Waals surface area (Å²) >= 11 is 0. The van der Waals surface area contributed by atoms with Crippen LogP contribution in [0.15, 0.2) is 21.3 Å². The van der Waals surface area contributed by atoms with Crippen LogP contribution in [0.5, 0.6) is 0 Å². The van der Waals surface area contributed by atoms with Crippen LogP contribution >= 0.6 is 0 Å². The fourth-order valence-electron chi connectivity index (χ4n) is 1.86. The van der Waals surface area contributed by atoms with Crippen LogP contribution in [0.3, 0.4) is 0 Å². The number of rotatable bonds is 4. The third-order valence-electron chi connectivity index (χ3n) is 2.85. The SMILES string of the molecule is CCCCc1ccc(C(C)C)c2ooc12. The van der Waals surface area contributed by atoms with Gasteiger partial charge in [-0.3, -0.25) is 9.15 Å². The molecule has 0 fully saturated rings. The molecule has 0 bridgehead atoms. The van der Waals surface area contributed by atoms with E-state index in [9.17, 15) is 0 Å². The first kappa shape index (κ1) is 10.3. The van der Waals surface area contributed by atoms with E-state index in [1.807, 2.05) is 0 Å². The summed E-state index contributed by atoms with van der Waals surface area (Å²) in [6.45, 7) is 6.54. The van der Waals surface area contributed by atoms with Crippen molar-refractivity contribution >= 4 is 11.2 Å². The van der Waals surface area contributed by atoms with Crippen molar-refractivity contribution in [2.75, 3.05) is 0 Å². The minimum atomic E-state index is 0.489. The van der Waals surface area contributed by atoms with Gasteiger partial charge < -0.3 is 0 Å². The maximum atomic E-state index is 5.10. The van der Waals surface area contributed by atoms with Gasteiger partial charge >= 0.3 is 0 Å². The second-order valence-electron chi connectivity index (χ2n) is 4.40. The molecule has 2 rings (SSSR count). The molecule has 0 atom stereocenters. The zero-order chi connectivity index (χ0) is 10.8. The van der Waals surface area contributed by atoms with Crippen LogP contribution in [0.1, 0.15) is 50.7 Å². The fraction of sp³-hybridized carbons (Fsp3) is 0.538. The molecule has 2 nitrogen and oxygen atoms in total. The predicted molar refractivity (Wildman–Crippen MR) is 61.2 cm³/mol. The normalized spacial score (nSPS) is 11.7. The van der Waals surface area contributed by atoms with Crippen molar-refractivity contribution in [2.24, 2.45) is 0 Å². The molecule has 0 unspecified atom stereocenters. The average molecular weight is 206 g/mol. The lowest BCUT2D eigenvalue weighted by Crippen LogP contribution is -1.95. The Hall–Kier alpha value is -1.18. The molecule has 0 aliphatic carbocycles. The number of hydrogen-bond acceptors (Lipinski definition) is 2. The molecule has 0 spiro atoms. The topological polar surface area (TPSA) is 26.3 Å². The van der Waals surface area contributed by atoms with Crippen LogP contribution in [0.4, 0.5) is 0 Å². The highest BCUT2D eigenvalue weighted by Gasteiger charge is 2.16. The molecular weight excluding hydrogens is 188 g/mol. The third-order valence-corrected chi connectivity index (χ3v) is 2.85. The van der Waals surface area contributed by atoms with E-state index < -0.39 is 0 Å². The van der Waals surface area contributed by atoms with Crippen LogP contribution in [0, 0.1) is 0 Å². The molecule has 82 valence electrons. The third kappa shape index (κ3) is 1.81. The first-order valence-electron chi connectivity index (χ1n) is 5.74. The van der Waals surface area contributed by atoms with Crippen molar-refractivity contribution in [2.45, 2.75) is 46.0 Å². The maximum absolute atomic E-state index is 5.10. The van der Waals surface area contributed by atoms with Gasteiger partial charge in [0.25, 0.3) is 0 Å². The molecule has 1 heterocycles. The molecule has 0 aliphatic heterocycles. The molecule has 0 radical (unpaired) electrons. The van der Waals surface area contributed by atoms with Crippen molar-refractivity contribution in [3.05, 3.63) is 23.3 Å². The molecule has 1 aromatic carbocycles. The highest BCUT2D eigenvalue weighted by atomic mass is 17.0. The van der Waals surface area contributed by atoms with Gasteiger partial charge in [-0.2, -0.15) is 0 Å². The van der Waals surface area contributed by atoms with Crippen LogP contribution in [-0.2, 0) is 6.42 Å². The largest absolute Gasteiger partial charge is 0.285 e. The van der Waals surface area contributed by atoms with E-state index in [1.54, 1.807) is 0 Å². The summed E-state index contributed by atoms with van der Waals surface area (Å²) < 4.78 is 10.2. The quantitative estimate of drug-likeness (QED) is 0.689. The van der Waals surface area contributed by atoms with E-state index in [2.05, 4.69) is 32.9 Å². The highest BCUT2D eigenvalue weighted by Crippen LogP contribution is 2.31. The number of unbranched alkanes of at least 4 members (excludes halogenated alkanes) is 1. The van der Waals surface area contributed by atoms with Gasteiger partial charge in [-0.15, -0.1) is 0 Å². The van der Waals surface area contributed by atoms with Crippen molar-refractivity contribution < 1.29 is 9.15 Å². The zero-order valence-corrected chi connectivity index (χ0v) is 9.67. The molecule has 0 aliphatic rings. The molecule has 15 heavy (non-hydrogen) atoms. The number of aryl methyl sites for hydroxylation is 1. The Kier molecular flexibility index (Phi) is 2.85. The van der Waals surface area contributed by atoms with E-state index in [0.717, 1.165) is 17.6 Å². The summed E-state index contributed by atoms with van der Waals surface area (Å²) in [5.74, 6) is 0.489. The lowest BCUT2D eigenvalue weighted by Gasteiger charge is -2.11. The maximum Gasteiger partial charge on any atom is 0.229 e. The van der Waals surface area contributed by atoms with Gasteiger partial charge in [0, 0.05) is 11.1 Å². The summed E-state index contributed by atoms with van der Waals surface area (Å²) in [6, 6.07) is 4.34. The molecular formula is C13H18O2. The minimum absolute atomic E-state index is 0.489. The molecule has 2 heteroatoms. The predicted octanol–water partition coefficient (Wildman–Crippen LogP) is 4.49. The van der Waals surface area contributed by atoms with E-state index in [1.165, 1.54) is 24.0 Å². The summed E-state index contributed by atoms with van der Waals surface area (Å²) in [4.78, 5) is 0. The van der Waals surface area contributed by atoms with E-state index >= 15 is 0 Å². The lowest BCUT2D eigenvalue weighted by atomic mass is 9.98. The molecule has 2 aromatic rings. The Balaban J connectivity index is 2.33. The fourth-order valence-corrected chi connectivity index (χ4v) is 1.86. The average Bonchev–Trinajstić information content (AvgIpc) is 2.16. The highest BCUT2D eigenvalue weighted by molar-refractivity contribution is 5.78. The van der Waals surface area contributed by atoms with Gasteiger partial charge in [0.1, 0.15) is 0 Å². The van der Waals surface area contributed by atoms with Gasteiger partial charge in [-0.25, -0.2) is 0 Å². The van der Waals surface area contributed by atoms with Gasteiger partial charge in [-0.1, -0.05) is 39.3 Å². The van der Waals surface area contributed by atoms with Crippen molar-refractivity contribution in [1.29, 1.82) is 0 Å². The summed E-state index contributed by atoms with van der Waals surface area (Å²) in [5, 5.41) is 0. The van der Waals surface area contributed by atoms with Crippen molar-refractivity contribution in [3.63, 3.8) is 0 Å². The molecule has 0 saturated carbocycles. The van der Waals surface area contributed by atoms with Crippen LogP contribution < -0.4 is 0 Å².